The van der Waals surface area contributed by atoms with Gasteiger partial charge in [0.05, 0.1) is 0 Å². The van der Waals surface area contributed by atoms with Crippen LogP contribution in [0.5, 0.6) is 0 Å². The minimum absolute atomic E-state index is 0.0410. The number of imidazole rings is 1. The molecule has 188 valence electrons. The van der Waals surface area contributed by atoms with Crippen molar-refractivity contribution in [1.29, 1.82) is 0 Å². The zero-order valence-electron chi connectivity index (χ0n) is 20.7. The summed E-state index contributed by atoms with van der Waals surface area (Å²) in [6, 6.07) is 9.35. The highest BCUT2D eigenvalue weighted by atomic mass is 35.5. The van der Waals surface area contributed by atoms with Gasteiger partial charge in [-0.1, -0.05) is 37.6 Å². The van der Waals surface area contributed by atoms with Crippen LogP contribution in [0.1, 0.15) is 44.9 Å². The lowest BCUT2D eigenvalue weighted by Gasteiger charge is -2.21. The fraction of sp³-hybridized carbons (Fsp3) is 0.462. The summed E-state index contributed by atoms with van der Waals surface area (Å²) in [5.74, 6) is 1.42. The molecule has 1 aromatic carbocycles. The quantitative estimate of drug-likeness (QED) is 0.318. The normalized spacial score (nSPS) is 12.0. The van der Waals surface area contributed by atoms with Crippen LogP contribution in [0, 0.1) is 5.92 Å². The largest absolute Gasteiger partial charge is 0.382 e. The highest BCUT2D eigenvalue weighted by Crippen LogP contribution is 2.17. The van der Waals surface area contributed by atoms with Crippen molar-refractivity contribution in [3.63, 3.8) is 0 Å². The number of hydrogen-bond donors (Lipinski definition) is 2. The van der Waals surface area contributed by atoms with Gasteiger partial charge in [-0.3, -0.25) is 9.36 Å². The Hall–Kier alpha value is -2.97. The molecule has 0 bridgehead atoms. The predicted octanol–water partition coefficient (Wildman–Crippen LogP) is 4.47. The SMILES string of the molecule is CCOCCCNC(=O)[C@H](CC(C)C)Nc1cc(CCc2ccc(Cl)cc2)nc(-n2ccnc2)n1. The summed E-state index contributed by atoms with van der Waals surface area (Å²) >= 11 is 6.01. The average molecular weight is 499 g/mol. The second kappa shape index (κ2) is 13.8. The van der Waals surface area contributed by atoms with Crippen LogP contribution in [0.15, 0.2) is 49.1 Å². The lowest BCUT2D eigenvalue weighted by atomic mass is 10.0. The van der Waals surface area contributed by atoms with Crippen LogP contribution in [0.2, 0.25) is 5.02 Å². The van der Waals surface area contributed by atoms with Gasteiger partial charge in [-0.25, -0.2) is 9.97 Å². The first-order chi connectivity index (χ1) is 16.9. The molecule has 35 heavy (non-hydrogen) atoms. The Morgan fingerprint density at radius 3 is 2.66 bits per heavy atom. The molecule has 0 spiro atoms. The van der Waals surface area contributed by atoms with E-state index in [-0.39, 0.29) is 5.91 Å². The Balaban J connectivity index is 1.76. The number of anilines is 1. The number of nitrogens with one attached hydrogen (secondary N) is 2. The average Bonchev–Trinajstić information content (AvgIpc) is 3.38. The molecule has 0 radical (unpaired) electrons. The summed E-state index contributed by atoms with van der Waals surface area (Å²) in [7, 11) is 0. The number of carbonyl (C=O) groups is 1. The number of halogens is 1. The van der Waals surface area contributed by atoms with Crippen molar-refractivity contribution in [1.82, 2.24) is 24.8 Å². The highest BCUT2D eigenvalue weighted by molar-refractivity contribution is 6.30. The Morgan fingerprint density at radius 1 is 1.17 bits per heavy atom. The molecule has 1 amide bonds. The number of aromatic nitrogens is 4. The second-order valence-electron chi connectivity index (χ2n) is 8.81. The lowest BCUT2D eigenvalue weighted by Crippen LogP contribution is -2.41. The first-order valence-corrected chi connectivity index (χ1v) is 12.5. The van der Waals surface area contributed by atoms with Crippen molar-refractivity contribution in [3.8, 4) is 5.95 Å². The first-order valence-electron chi connectivity index (χ1n) is 12.2. The zero-order chi connectivity index (χ0) is 25.0. The minimum Gasteiger partial charge on any atom is -0.382 e. The summed E-state index contributed by atoms with van der Waals surface area (Å²) in [4.78, 5) is 26.5. The number of aryl methyl sites for hydroxylation is 2. The summed E-state index contributed by atoms with van der Waals surface area (Å²) in [5.41, 5.74) is 2.05. The third-order valence-electron chi connectivity index (χ3n) is 5.40. The molecule has 2 aromatic heterocycles. The molecule has 0 aliphatic heterocycles. The Labute approximate surface area is 212 Å². The maximum Gasteiger partial charge on any atom is 0.242 e. The third-order valence-corrected chi connectivity index (χ3v) is 5.65. The maximum absolute atomic E-state index is 13.0. The molecule has 3 aromatic rings. The monoisotopic (exact) mass is 498 g/mol. The second-order valence-corrected chi connectivity index (χ2v) is 9.25. The Kier molecular flexibility index (Phi) is 10.5. The van der Waals surface area contributed by atoms with Crippen LogP contribution >= 0.6 is 11.6 Å². The van der Waals surface area contributed by atoms with E-state index in [9.17, 15) is 4.79 Å². The van der Waals surface area contributed by atoms with E-state index < -0.39 is 6.04 Å². The molecular weight excluding hydrogens is 464 g/mol. The third kappa shape index (κ3) is 8.96. The number of hydrogen-bond acceptors (Lipinski definition) is 6. The highest BCUT2D eigenvalue weighted by Gasteiger charge is 2.21. The van der Waals surface area contributed by atoms with Gasteiger partial charge in [0.25, 0.3) is 0 Å². The zero-order valence-corrected chi connectivity index (χ0v) is 21.5. The molecule has 0 fully saturated rings. The van der Waals surface area contributed by atoms with E-state index in [4.69, 9.17) is 21.3 Å². The molecule has 0 saturated carbocycles. The smallest absolute Gasteiger partial charge is 0.242 e. The summed E-state index contributed by atoms with van der Waals surface area (Å²) < 4.78 is 7.13. The molecule has 2 N–H and O–H groups in total. The van der Waals surface area contributed by atoms with Crippen LogP contribution < -0.4 is 10.6 Å². The number of nitrogens with zero attached hydrogens (tertiary/aromatic N) is 4. The van der Waals surface area contributed by atoms with Crippen molar-refractivity contribution < 1.29 is 9.53 Å². The topological polar surface area (TPSA) is 94.0 Å². The summed E-state index contributed by atoms with van der Waals surface area (Å²) in [6.07, 6.45) is 8.15. The molecule has 0 unspecified atom stereocenters. The van der Waals surface area contributed by atoms with Crippen molar-refractivity contribution in [2.45, 2.75) is 52.5 Å². The van der Waals surface area contributed by atoms with Crippen LogP contribution in [0.4, 0.5) is 5.82 Å². The number of carbonyl (C=O) groups excluding carboxylic acids is 1. The van der Waals surface area contributed by atoms with E-state index in [1.807, 2.05) is 37.3 Å². The number of amides is 1. The maximum atomic E-state index is 13.0. The summed E-state index contributed by atoms with van der Waals surface area (Å²) in [6.45, 7) is 8.06. The van der Waals surface area contributed by atoms with Crippen molar-refractivity contribution in [2.75, 3.05) is 25.1 Å². The Bertz CT molecular complexity index is 1040. The molecule has 9 heteroatoms. The predicted molar refractivity (Wildman–Crippen MR) is 139 cm³/mol. The van der Waals surface area contributed by atoms with E-state index in [1.54, 1.807) is 23.3 Å². The fourth-order valence-corrected chi connectivity index (χ4v) is 3.76. The van der Waals surface area contributed by atoms with Crippen LogP contribution in [-0.2, 0) is 22.4 Å². The standard InChI is InChI=1S/C26H35ClN6O2/c1-4-35-15-5-12-29-25(34)23(16-19(2)3)31-24-17-22(11-8-20-6-9-21(27)10-7-20)30-26(32-24)33-14-13-28-18-33/h6-7,9-10,13-14,17-19,23H,4-5,8,11-12,15-16H2,1-3H3,(H,29,34)(H,30,31,32)/t23-/m0/s1. The number of rotatable bonds is 14. The fourth-order valence-electron chi connectivity index (χ4n) is 3.64. The molecule has 0 aliphatic rings. The molecular formula is C26H35ClN6O2. The van der Waals surface area contributed by atoms with Gasteiger partial charge in [0.1, 0.15) is 18.2 Å². The van der Waals surface area contributed by atoms with Gasteiger partial charge in [-0.05, 0) is 56.2 Å². The molecule has 0 saturated heterocycles. The van der Waals surface area contributed by atoms with Crippen LogP contribution in [0.25, 0.3) is 5.95 Å². The van der Waals surface area contributed by atoms with E-state index in [0.717, 1.165) is 30.0 Å². The molecule has 2 heterocycles. The first kappa shape index (κ1) is 26.6. The van der Waals surface area contributed by atoms with Crippen LogP contribution in [0.3, 0.4) is 0 Å². The number of benzene rings is 1. The van der Waals surface area contributed by atoms with Gasteiger partial charge < -0.3 is 15.4 Å². The van der Waals surface area contributed by atoms with Gasteiger partial charge in [0.2, 0.25) is 11.9 Å². The van der Waals surface area contributed by atoms with Gasteiger partial charge in [-0.2, -0.15) is 4.98 Å². The van der Waals surface area contributed by atoms with Crippen molar-refractivity contribution in [2.24, 2.45) is 5.92 Å². The molecule has 3 rings (SSSR count). The van der Waals surface area contributed by atoms with Crippen molar-refractivity contribution in [3.05, 3.63) is 65.3 Å². The molecule has 8 nitrogen and oxygen atoms in total. The van der Waals surface area contributed by atoms with E-state index in [0.29, 0.717) is 43.9 Å². The van der Waals surface area contributed by atoms with E-state index >= 15 is 0 Å². The van der Waals surface area contributed by atoms with E-state index in [2.05, 4.69) is 34.4 Å². The van der Waals surface area contributed by atoms with Crippen molar-refractivity contribution >= 4 is 23.3 Å². The van der Waals surface area contributed by atoms with Gasteiger partial charge >= 0.3 is 0 Å². The van der Waals surface area contributed by atoms with Gasteiger partial charge in [0.15, 0.2) is 0 Å². The van der Waals surface area contributed by atoms with E-state index in [1.165, 1.54) is 5.56 Å². The molecule has 1 atom stereocenters. The van der Waals surface area contributed by atoms with Gasteiger partial charge in [-0.15, -0.1) is 0 Å². The Morgan fingerprint density at radius 2 is 1.97 bits per heavy atom. The number of ether oxygens (including phenoxy) is 1. The summed E-state index contributed by atoms with van der Waals surface area (Å²) in [5, 5.41) is 7.11. The van der Waals surface area contributed by atoms with Gasteiger partial charge in [0, 0.05) is 48.9 Å². The van der Waals surface area contributed by atoms with Crippen LogP contribution in [-0.4, -0.2) is 51.2 Å². The lowest BCUT2D eigenvalue weighted by molar-refractivity contribution is -0.122. The molecule has 0 aliphatic carbocycles. The minimum atomic E-state index is -0.406.